The molecule has 2 aliphatic rings. The van der Waals surface area contributed by atoms with E-state index in [9.17, 15) is 0 Å². The molecule has 2 aromatic heterocycles. The van der Waals surface area contributed by atoms with Crippen LogP contribution < -0.4 is 20.1 Å². The van der Waals surface area contributed by atoms with Crippen LogP contribution in [0.2, 0.25) is 0 Å². The lowest BCUT2D eigenvalue weighted by molar-refractivity contribution is 0.482. The third-order valence-corrected chi connectivity index (χ3v) is 10.8. The molecular formula is C46H37N5O2. The Morgan fingerprint density at radius 1 is 0.491 bits per heavy atom. The minimum atomic E-state index is 0.272. The third kappa shape index (κ3) is 5.19. The largest absolute Gasteiger partial charge is 0.457 e. The second kappa shape index (κ2) is 12.7. The molecule has 2 unspecified atom stereocenters. The lowest BCUT2D eigenvalue weighted by Crippen LogP contribution is -2.16. The Kier molecular flexibility index (Phi) is 7.56. The SMILES string of the molecule is CNCC1c2ccccc2-c2ccc(Oc3ccc4c5ccc(Oc6ccc7c(c6)C(CNC)c6ccccc6-7)cc5n(-c5ncccn5)c4c3)cc21. The van der Waals surface area contributed by atoms with Gasteiger partial charge in [-0.2, -0.15) is 0 Å². The van der Waals surface area contributed by atoms with Crippen LogP contribution >= 0.6 is 0 Å². The summed E-state index contributed by atoms with van der Waals surface area (Å²) in [4.78, 5) is 9.35. The smallest absolute Gasteiger partial charge is 0.234 e. The zero-order valence-electron chi connectivity index (χ0n) is 29.5. The zero-order chi connectivity index (χ0) is 35.5. The molecule has 2 atom stereocenters. The summed E-state index contributed by atoms with van der Waals surface area (Å²) in [6, 6.07) is 44.6. The van der Waals surface area contributed by atoms with Crippen molar-refractivity contribution in [1.29, 1.82) is 0 Å². The highest BCUT2D eigenvalue weighted by atomic mass is 16.5. The summed E-state index contributed by atoms with van der Waals surface area (Å²) < 4.78 is 15.3. The van der Waals surface area contributed by atoms with Crippen LogP contribution in [0.1, 0.15) is 34.1 Å². The van der Waals surface area contributed by atoms with E-state index >= 15 is 0 Å². The second-order valence-corrected chi connectivity index (χ2v) is 13.8. The van der Waals surface area contributed by atoms with Crippen LogP contribution in [-0.2, 0) is 0 Å². The summed E-state index contributed by atoms with van der Waals surface area (Å²) in [7, 11) is 4.01. The van der Waals surface area contributed by atoms with Gasteiger partial charge in [-0.3, -0.25) is 4.57 Å². The third-order valence-electron chi connectivity index (χ3n) is 10.8. The number of likely N-dealkylation sites (N-methyl/N-ethyl adjacent to an activating group) is 2. The highest BCUT2D eigenvalue weighted by molar-refractivity contribution is 6.09. The molecule has 0 saturated heterocycles. The van der Waals surface area contributed by atoms with E-state index in [4.69, 9.17) is 9.47 Å². The number of ether oxygens (including phenoxy) is 2. The molecule has 53 heavy (non-hydrogen) atoms. The molecule has 7 heteroatoms. The van der Waals surface area contributed by atoms with Crippen LogP contribution in [0.15, 0.2) is 140 Å². The Hall–Kier alpha value is -6.28. The Morgan fingerprint density at radius 2 is 0.925 bits per heavy atom. The van der Waals surface area contributed by atoms with Crippen molar-refractivity contribution in [3.63, 3.8) is 0 Å². The maximum atomic E-state index is 6.61. The van der Waals surface area contributed by atoms with E-state index in [0.717, 1.165) is 57.9 Å². The summed E-state index contributed by atoms with van der Waals surface area (Å²) in [5.41, 5.74) is 12.3. The summed E-state index contributed by atoms with van der Waals surface area (Å²) >= 11 is 0. The lowest BCUT2D eigenvalue weighted by atomic mass is 9.97. The molecule has 0 aliphatic heterocycles. The van der Waals surface area contributed by atoms with Gasteiger partial charge in [0, 0.05) is 60.2 Å². The minimum absolute atomic E-state index is 0.272. The van der Waals surface area contributed by atoms with Gasteiger partial charge < -0.3 is 20.1 Å². The van der Waals surface area contributed by atoms with Gasteiger partial charge >= 0.3 is 0 Å². The molecule has 0 bridgehead atoms. The average molecular weight is 692 g/mol. The van der Waals surface area contributed by atoms with Crippen LogP contribution in [-0.4, -0.2) is 41.7 Å². The van der Waals surface area contributed by atoms with Crippen LogP contribution in [0.3, 0.4) is 0 Å². The van der Waals surface area contributed by atoms with E-state index in [0.29, 0.717) is 5.95 Å². The quantitative estimate of drug-likeness (QED) is 0.157. The van der Waals surface area contributed by atoms with E-state index in [1.54, 1.807) is 12.4 Å². The average Bonchev–Trinajstić information content (AvgIpc) is 3.80. The molecule has 0 spiro atoms. The Labute approximate surface area is 307 Å². The first-order chi connectivity index (χ1) is 26.2. The molecule has 0 radical (unpaired) electrons. The second-order valence-electron chi connectivity index (χ2n) is 13.8. The molecule has 6 aromatic carbocycles. The van der Waals surface area contributed by atoms with Gasteiger partial charge in [0.1, 0.15) is 23.0 Å². The van der Waals surface area contributed by atoms with E-state index in [1.807, 2.05) is 32.3 Å². The lowest BCUT2D eigenvalue weighted by Gasteiger charge is -2.14. The zero-order valence-corrected chi connectivity index (χ0v) is 29.5. The molecular weight excluding hydrogens is 655 g/mol. The van der Waals surface area contributed by atoms with E-state index in [-0.39, 0.29) is 11.8 Å². The normalized spacial score (nSPS) is 15.3. The van der Waals surface area contributed by atoms with Gasteiger partial charge in [0.2, 0.25) is 5.95 Å². The van der Waals surface area contributed by atoms with Crippen LogP contribution in [0.4, 0.5) is 0 Å². The number of aromatic nitrogens is 3. The number of nitrogens with zero attached hydrogens (tertiary/aromatic N) is 3. The predicted molar refractivity (Wildman–Crippen MR) is 212 cm³/mol. The molecule has 7 nitrogen and oxygen atoms in total. The monoisotopic (exact) mass is 691 g/mol. The van der Waals surface area contributed by atoms with E-state index < -0.39 is 0 Å². The van der Waals surface area contributed by atoms with Crippen molar-refractivity contribution in [3.05, 3.63) is 162 Å². The molecule has 2 heterocycles. The fourth-order valence-electron chi connectivity index (χ4n) is 8.55. The molecule has 8 aromatic rings. The van der Waals surface area contributed by atoms with Crippen LogP contribution in [0.25, 0.3) is 50.0 Å². The topological polar surface area (TPSA) is 73.2 Å². The molecule has 0 fully saturated rings. The molecule has 0 saturated carbocycles. The van der Waals surface area contributed by atoms with Gasteiger partial charge in [0.25, 0.3) is 0 Å². The highest BCUT2D eigenvalue weighted by Crippen LogP contribution is 2.48. The summed E-state index contributed by atoms with van der Waals surface area (Å²) in [6.45, 7) is 1.72. The summed E-state index contributed by atoms with van der Waals surface area (Å²) in [5, 5.41) is 8.93. The van der Waals surface area contributed by atoms with Crippen LogP contribution in [0, 0.1) is 0 Å². The van der Waals surface area contributed by atoms with E-state index in [2.05, 4.69) is 134 Å². The first kappa shape index (κ1) is 31.5. The van der Waals surface area contributed by atoms with E-state index in [1.165, 1.54) is 44.5 Å². The molecule has 0 amide bonds. The number of hydrogen-bond donors (Lipinski definition) is 2. The molecule has 2 aliphatic carbocycles. The Bertz CT molecular complexity index is 2520. The fraction of sp³-hybridized carbons (Fsp3) is 0.130. The first-order valence-corrected chi connectivity index (χ1v) is 18.2. The van der Waals surface area contributed by atoms with Crippen molar-refractivity contribution < 1.29 is 9.47 Å². The standard InChI is InChI=1S/C46H37N5O2/c1-47-26-42-34-10-5-3-8-32(34)36-16-12-28(22-40(36)42)52-30-14-18-38-39-19-15-31(25-45(39)51(44(38)24-30)46-49-20-7-21-50-46)53-29-13-17-37-33-9-4-6-11-35(33)43(27-48-2)41(37)23-29/h3-25,42-43,47-48H,26-27H2,1-2H3. The Balaban J connectivity index is 1.02. The van der Waals surface area contributed by atoms with Crippen molar-refractivity contribution >= 4 is 21.8 Å². The summed E-state index contributed by atoms with van der Waals surface area (Å²) in [5.74, 6) is 4.22. The highest BCUT2D eigenvalue weighted by Gasteiger charge is 2.30. The molecule has 258 valence electrons. The van der Waals surface area contributed by atoms with Crippen molar-refractivity contribution in [2.24, 2.45) is 0 Å². The number of rotatable bonds is 9. The van der Waals surface area contributed by atoms with Gasteiger partial charge in [-0.15, -0.1) is 0 Å². The van der Waals surface area contributed by atoms with Gasteiger partial charge in [0.15, 0.2) is 0 Å². The van der Waals surface area contributed by atoms with Crippen molar-refractivity contribution in [3.8, 4) is 51.2 Å². The predicted octanol–water partition coefficient (Wildman–Crippen LogP) is 9.82. The van der Waals surface area contributed by atoms with Crippen LogP contribution in [0.5, 0.6) is 23.0 Å². The minimum Gasteiger partial charge on any atom is -0.457 e. The molecule has 2 N–H and O–H groups in total. The number of hydrogen-bond acceptors (Lipinski definition) is 6. The van der Waals surface area contributed by atoms with Gasteiger partial charge in [-0.1, -0.05) is 60.7 Å². The fourth-order valence-corrected chi connectivity index (χ4v) is 8.55. The Morgan fingerprint density at radius 3 is 1.42 bits per heavy atom. The number of nitrogens with one attached hydrogen (secondary N) is 2. The maximum absolute atomic E-state index is 6.61. The number of benzene rings is 6. The number of fused-ring (bicyclic) bond motifs is 9. The molecule has 10 rings (SSSR count). The van der Waals surface area contributed by atoms with Crippen molar-refractivity contribution in [1.82, 2.24) is 25.2 Å². The van der Waals surface area contributed by atoms with Gasteiger partial charge in [0.05, 0.1) is 11.0 Å². The maximum Gasteiger partial charge on any atom is 0.234 e. The first-order valence-electron chi connectivity index (χ1n) is 18.2. The van der Waals surface area contributed by atoms with Gasteiger partial charge in [-0.25, -0.2) is 9.97 Å². The van der Waals surface area contributed by atoms with Crippen molar-refractivity contribution in [2.75, 3.05) is 27.2 Å². The van der Waals surface area contributed by atoms with Crippen molar-refractivity contribution in [2.45, 2.75) is 11.8 Å². The van der Waals surface area contributed by atoms with Gasteiger partial charge in [-0.05, 0) is 113 Å². The summed E-state index contributed by atoms with van der Waals surface area (Å²) in [6.07, 6.45) is 3.55.